The summed E-state index contributed by atoms with van der Waals surface area (Å²) in [7, 11) is 3.21. The van der Waals surface area contributed by atoms with Crippen LogP contribution in [0.5, 0.6) is 11.5 Å². The van der Waals surface area contributed by atoms with E-state index in [1.807, 2.05) is 24.3 Å². The summed E-state index contributed by atoms with van der Waals surface area (Å²) in [5.74, 6) is 0.0864. The lowest BCUT2D eigenvalue weighted by atomic mass is 9.89. The Hall–Kier alpha value is -2.60. The molecule has 0 unspecified atom stereocenters. The maximum atomic E-state index is 14.0. The number of amides is 1. The van der Waals surface area contributed by atoms with Crippen molar-refractivity contribution in [1.29, 1.82) is 0 Å². The highest BCUT2D eigenvalue weighted by atomic mass is 19.1. The average Bonchev–Trinajstić information content (AvgIpc) is 2.67. The first kappa shape index (κ1) is 18.2. The van der Waals surface area contributed by atoms with Gasteiger partial charge in [0, 0.05) is 25.8 Å². The van der Waals surface area contributed by atoms with Gasteiger partial charge in [-0.05, 0) is 24.6 Å². The van der Waals surface area contributed by atoms with Gasteiger partial charge in [0.1, 0.15) is 11.8 Å². The summed E-state index contributed by atoms with van der Waals surface area (Å²) in [4.78, 5) is 14.4. The van der Waals surface area contributed by atoms with Gasteiger partial charge in [0.25, 0.3) is 5.91 Å². The summed E-state index contributed by atoms with van der Waals surface area (Å²) in [6, 6.07) is 13.2. The van der Waals surface area contributed by atoms with Gasteiger partial charge in [-0.1, -0.05) is 30.3 Å². The number of para-hydroxylation sites is 2. The predicted molar refractivity (Wildman–Crippen MR) is 94.8 cm³/mol. The number of halogens is 1. The summed E-state index contributed by atoms with van der Waals surface area (Å²) in [5, 5.41) is 0. The van der Waals surface area contributed by atoms with Gasteiger partial charge < -0.3 is 19.1 Å². The molecule has 0 aromatic heterocycles. The standard InChI is InChI=1S/C20H22FNO4/c1-24-13-7-12-22-18(14-8-3-5-10-16(14)25-2)19(20(22)23)26-17-11-6-4-9-15(17)21/h3-6,8-11,18-19H,7,12-13H2,1-2H3/t18-,19-/m0/s1. The first-order chi connectivity index (χ1) is 12.7. The minimum Gasteiger partial charge on any atom is -0.496 e. The number of carbonyl (C=O) groups excluding carboxylic acids is 1. The number of carbonyl (C=O) groups is 1. The minimum atomic E-state index is -0.786. The number of methoxy groups -OCH3 is 2. The molecule has 0 saturated carbocycles. The van der Waals surface area contributed by atoms with Crippen LogP contribution in [0.25, 0.3) is 0 Å². The lowest BCUT2D eigenvalue weighted by Crippen LogP contribution is -2.61. The number of ether oxygens (including phenoxy) is 3. The molecule has 1 aliphatic heterocycles. The first-order valence-corrected chi connectivity index (χ1v) is 8.51. The Balaban J connectivity index is 1.87. The zero-order valence-electron chi connectivity index (χ0n) is 14.9. The number of hydrogen-bond donors (Lipinski definition) is 0. The monoisotopic (exact) mass is 359 g/mol. The van der Waals surface area contributed by atoms with E-state index >= 15 is 0 Å². The molecular weight excluding hydrogens is 337 g/mol. The van der Waals surface area contributed by atoms with Gasteiger partial charge in [0.2, 0.25) is 6.10 Å². The molecule has 2 aromatic rings. The normalized spacial score (nSPS) is 19.2. The van der Waals surface area contributed by atoms with Crippen LogP contribution in [0.4, 0.5) is 4.39 Å². The van der Waals surface area contributed by atoms with Crippen LogP contribution in [0, 0.1) is 5.82 Å². The molecule has 0 N–H and O–H groups in total. The third-order valence-electron chi connectivity index (χ3n) is 4.44. The molecule has 26 heavy (non-hydrogen) atoms. The summed E-state index contributed by atoms with van der Waals surface area (Å²) < 4.78 is 30.2. The molecule has 1 aliphatic rings. The Morgan fingerprint density at radius 2 is 1.73 bits per heavy atom. The highest BCUT2D eigenvalue weighted by Gasteiger charge is 2.51. The Labute approximate surface area is 152 Å². The highest BCUT2D eigenvalue weighted by Crippen LogP contribution is 2.41. The van der Waals surface area contributed by atoms with Crippen LogP contribution < -0.4 is 9.47 Å². The maximum Gasteiger partial charge on any atom is 0.266 e. The maximum absolute atomic E-state index is 14.0. The van der Waals surface area contributed by atoms with Crippen LogP contribution in [-0.2, 0) is 9.53 Å². The van der Waals surface area contributed by atoms with E-state index in [-0.39, 0.29) is 17.7 Å². The number of β-lactam (4-membered cyclic amide) rings is 1. The van der Waals surface area contributed by atoms with Crippen molar-refractivity contribution in [3.05, 3.63) is 59.9 Å². The number of benzene rings is 2. The van der Waals surface area contributed by atoms with E-state index in [2.05, 4.69) is 0 Å². The SMILES string of the molecule is COCCCN1C(=O)[C@@H](Oc2ccccc2F)[C@@H]1c1ccccc1OC. The second kappa shape index (κ2) is 8.19. The minimum absolute atomic E-state index is 0.0716. The molecule has 6 heteroatoms. The zero-order valence-corrected chi connectivity index (χ0v) is 14.9. The number of rotatable bonds is 8. The molecule has 0 spiro atoms. The second-order valence-corrected chi connectivity index (χ2v) is 6.03. The van der Waals surface area contributed by atoms with Gasteiger partial charge in [-0.15, -0.1) is 0 Å². The fourth-order valence-corrected chi connectivity index (χ4v) is 3.18. The van der Waals surface area contributed by atoms with Gasteiger partial charge >= 0.3 is 0 Å². The third kappa shape index (κ3) is 3.51. The van der Waals surface area contributed by atoms with Crippen molar-refractivity contribution < 1.29 is 23.4 Å². The molecule has 1 saturated heterocycles. The van der Waals surface area contributed by atoms with E-state index in [0.29, 0.717) is 25.3 Å². The summed E-state index contributed by atoms with van der Waals surface area (Å²) in [6.07, 6.45) is -0.0777. The molecule has 2 atom stereocenters. The molecule has 5 nitrogen and oxygen atoms in total. The lowest BCUT2D eigenvalue weighted by Gasteiger charge is -2.47. The summed E-state index contributed by atoms with van der Waals surface area (Å²) in [6.45, 7) is 1.09. The van der Waals surface area contributed by atoms with Crippen LogP contribution in [-0.4, -0.2) is 44.3 Å². The molecular formula is C20H22FNO4. The van der Waals surface area contributed by atoms with Gasteiger partial charge in [0.15, 0.2) is 11.6 Å². The number of likely N-dealkylation sites (tertiary alicyclic amines) is 1. The van der Waals surface area contributed by atoms with Crippen molar-refractivity contribution >= 4 is 5.91 Å². The third-order valence-corrected chi connectivity index (χ3v) is 4.44. The zero-order chi connectivity index (χ0) is 18.5. The van der Waals surface area contributed by atoms with Gasteiger partial charge in [-0.25, -0.2) is 4.39 Å². The lowest BCUT2D eigenvalue weighted by molar-refractivity contribution is -0.164. The quantitative estimate of drug-likeness (QED) is 0.536. The first-order valence-electron chi connectivity index (χ1n) is 8.51. The van der Waals surface area contributed by atoms with Crippen molar-refractivity contribution in [2.24, 2.45) is 0 Å². The Morgan fingerprint density at radius 1 is 1.04 bits per heavy atom. The van der Waals surface area contributed by atoms with Crippen molar-refractivity contribution in [3.8, 4) is 11.5 Å². The van der Waals surface area contributed by atoms with Gasteiger partial charge in [-0.3, -0.25) is 4.79 Å². The second-order valence-electron chi connectivity index (χ2n) is 6.03. The van der Waals surface area contributed by atoms with Crippen LogP contribution in [0.15, 0.2) is 48.5 Å². The van der Waals surface area contributed by atoms with Crippen LogP contribution in [0.2, 0.25) is 0 Å². The van der Waals surface area contributed by atoms with E-state index in [9.17, 15) is 9.18 Å². The smallest absolute Gasteiger partial charge is 0.266 e. The fourth-order valence-electron chi connectivity index (χ4n) is 3.18. The van der Waals surface area contributed by atoms with E-state index in [4.69, 9.17) is 14.2 Å². The van der Waals surface area contributed by atoms with Crippen molar-refractivity contribution in [2.75, 3.05) is 27.4 Å². The van der Waals surface area contributed by atoms with Crippen LogP contribution in [0.3, 0.4) is 0 Å². The van der Waals surface area contributed by atoms with Crippen molar-refractivity contribution in [3.63, 3.8) is 0 Å². The number of hydrogen-bond acceptors (Lipinski definition) is 4. The van der Waals surface area contributed by atoms with Crippen LogP contribution >= 0.6 is 0 Å². The van der Waals surface area contributed by atoms with Crippen molar-refractivity contribution in [1.82, 2.24) is 4.90 Å². The van der Waals surface area contributed by atoms with Crippen LogP contribution in [0.1, 0.15) is 18.0 Å². The average molecular weight is 359 g/mol. The molecule has 3 rings (SSSR count). The summed E-state index contributed by atoms with van der Waals surface area (Å²) >= 11 is 0. The van der Waals surface area contributed by atoms with E-state index in [1.165, 1.54) is 12.1 Å². The molecule has 138 valence electrons. The highest BCUT2D eigenvalue weighted by molar-refractivity contribution is 5.89. The van der Waals surface area contributed by atoms with Gasteiger partial charge in [0.05, 0.1) is 7.11 Å². The molecule has 0 aliphatic carbocycles. The predicted octanol–water partition coefficient (Wildman–Crippen LogP) is 3.20. The van der Waals surface area contributed by atoms with Crippen molar-refractivity contribution in [2.45, 2.75) is 18.6 Å². The van der Waals surface area contributed by atoms with E-state index in [1.54, 1.807) is 31.3 Å². The Morgan fingerprint density at radius 3 is 2.42 bits per heavy atom. The number of nitrogens with zero attached hydrogens (tertiary/aromatic N) is 1. The molecule has 1 fully saturated rings. The largest absolute Gasteiger partial charge is 0.496 e. The molecule has 0 bridgehead atoms. The topological polar surface area (TPSA) is 48.0 Å². The molecule has 1 heterocycles. The summed E-state index contributed by atoms with van der Waals surface area (Å²) in [5.41, 5.74) is 0.841. The Bertz CT molecular complexity index is 767. The fraction of sp³-hybridized carbons (Fsp3) is 0.350. The Kier molecular flexibility index (Phi) is 5.73. The molecule has 2 aromatic carbocycles. The molecule has 1 amide bonds. The molecule has 0 radical (unpaired) electrons. The van der Waals surface area contributed by atoms with Gasteiger partial charge in [-0.2, -0.15) is 0 Å². The van der Waals surface area contributed by atoms with E-state index in [0.717, 1.165) is 5.56 Å². The van der Waals surface area contributed by atoms with E-state index < -0.39 is 11.9 Å².